The van der Waals surface area contributed by atoms with Gasteiger partial charge in [0.25, 0.3) is 5.91 Å². The average molecular weight is 543 g/mol. The summed E-state index contributed by atoms with van der Waals surface area (Å²) < 4.78 is 32.7. The number of hydrogen-bond donors (Lipinski definition) is 1. The molecule has 4 rings (SSSR count). The fraction of sp³-hybridized carbons (Fsp3) is 0.280. The molecule has 0 aliphatic carbocycles. The zero-order valence-corrected chi connectivity index (χ0v) is 21.7. The zero-order chi connectivity index (χ0) is 26.4. The molecule has 1 aromatic carbocycles. The molecule has 1 aliphatic heterocycles. The predicted molar refractivity (Wildman–Crippen MR) is 136 cm³/mol. The lowest BCUT2D eigenvalue weighted by atomic mass is 10.1. The molecule has 1 saturated heterocycles. The molecule has 37 heavy (non-hydrogen) atoms. The summed E-state index contributed by atoms with van der Waals surface area (Å²) >= 11 is 1.23. The van der Waals surface area contributed by atoms with Crippen LogP contribution in [0, 0.1) is 0 Å². The first-order valence-electron chi connectivity index (χ1n) is 11.5. The first kappa shape index (κ1) is 26.5. The molecule has 0 radical (unpaired) electrons. The number of pyridine rings is 1. The van der Waals surface area contributed by atoms with Crippen LogP contribution in [0.1, 0.15) is 15.2 Å². The molecular formula is C25H26N4O6S2. The van der Waals surface area contributed by atoms with Crippen molar-refractivity contribution < 1.29 is 27.5 Å². The van der Waals surface area contributed by atoms with Crippen LogP contribution in [-0.2, 0) is 30.8 Å². The lowest BCUT2D eigenvalue weighted by Gasteiger charge is -2.40. The average Bonchev–Trinajstić information content (AvgIpc) is 3.47. The zero-order valence-electron chi connectivity index (χ0n) is 20.0. The van der Waals surface area contributed by atoms with Crippen LogP contribution in [0.15, 0.2) is 77.3 Å². The van der Waals surface area contributed by atoms with Gasteiger partial charge >= 0.3 is 5.97 Å². The van der Waals surface area contributed by atoms with E-state index in [2.05, 4.69) is 10.3 Å². The van der Waals surface area contributed by atoms with Gasteiger partial charge in [0.05, 0.1) is 16.9 Å². The third-order valence-corrected chi connectivity index (χ3v) is 8.72. The summed E-state index contributed by atoms with van der Waals surface area (Å²) in [6.07, 6.45) is 3.28. The Morgan fingerprint density at radius 2 is 1.89 bits per heavy atom. The van der Waals surface area contributed by atoms with Crippen molar-refractivity contribution in [1.82, 2.24) is 19.5 Å². The molecule has 2 atom stereocenters. The van der Waals surface area contributed by atoms with Crippen molar-refractivity contribution in [3.63, 3.8) is 0 Å². The number of carbonyl (C=O) groups excluding carboxylic acids is 3. The summed E-state index contributed by atoms with van der Waals surface area (Å²) in [4.78, 5) is 45.2. The highest BCUT2D eigenvalue weighted by atomic mass is 32.2. The van der Waals surface area contributed by atoms with Crippen LogP contribution in [0.2, 0.25) is 0 Å². The number of nitrogens with one attached hydrogen (secondary N) is 1. The van der Waals surface area contributed by atoms with Gasteiger partial charge in [0.1, 0.15) is 12.1 Å². The van der Waals surface area contributed by atoms with Crippen molar-refractivity contribution in [2.24, 2.45) is 0 Å². The predicted octanol–water partition coefficient (Wildman–Crippen LogP) is 1.56. The van der Waals surface area contributed by atoms with Gasteiger partial charge in [0.15, 0.2) is 0 Å². The fourth-order valence-corrected chi connectivity index (χ4v) is 6.22. The number of sulfonamides is 1. The number of piperazine rings is 1. The molecule has 3 heterocycles. The highest BCUT2D eigenvalue weighted by molar-refractivity contribution is 7.89. The number of methoxy groups -OCH3 is 1. The van der Waals surface area contributed by atoms with E-state index in [4.69, 9.17) is 4.74 Å². The lowest BCUT2D eigenvalue weighted by molar-refractivity contribution is -0.145. The second kappa shape index (κ2) is 11.6. The van der Waals surface area contributed by atoms with Crippen LogP contribution in [0.3, 0.4) is 0 Å². The Kier molecular flexibility index (Phi) is 8.31. The molecule has 3 aromatic rings. The molecule has 12 heteroatoms. The van der Waals surface area contributed by atoms with Crippen LogP contribution in [0.4, 0.5) is 0 Å². The summed E-state index contributed by atoms with van der Waals surface area (Å²) in [5.74, 6) is -1.70. The van der Waals surface area contributed by atoms with Crippen molar-refractivity contribution in [3.8, 4) is 0 Å². The number of hydrogen-bond acceptors (Lipinski definition) is 8. The number of benzene rings is 1. The first-order valence-corrected chi connectivity index (χ1v) is 13.8. The molecule has 1 aliphatic rings. The van der Waals surface area contributed by atoms with Crippen molar-refractivity contribution in [1.29, 1.82) is 0 Å². The molecule has 10 nitrogen and oxygen atoms in total. The van der Waals surface area contributed by atoms with Crippen LogP contribution in [0.25, 0.3) is 0 Å². The quantitative estimate of drug-likeness (QED) is 0.428. The van der Waals surface area contributed by atoms with E-state index >= 15 is 0 Å². The number of ether oxygens (including phenoxy) is 1. The van der Waals surface area contributed by atoms with Gasteiger partial charge in [-0.25, -0.2) is 13.2 Å². The van der Waals surface area contributed by atoms with Crippen LogP contribution >= 0.6 is 11.3 Å². The second-order valence-electron chi connectivity index (χ2n) is 8.32. The minimum absolute atomic E-state index is 0.00633. The van der Waals surface area contributed by atoms with Gasteiger partial charge in [-0.15, -0.1) is 11.3 Å². The Labute approximate surface area is 218 Å². The number of carbonyl (C=O) groups is 3. The minimum Gasteiger partial charge on any atom is -0.467 e. The summed E-state index contributed by atoms with van der Waals surface area (Å²) in [7, 11) is -2.70. The number of rotatable bonds is 8. The maximum absolute atomic E-state index is 13.6. The van der Waals surface area contributed by atoms with Gasteiger partial charge in [0.2, 0.25) is 15.9 Å². The van der Waals surface area contributed by atoms with Crippen molar-refractivity contribution in [2.45, 2.75) is 23.4 Å². The molecule has 1 N–H and O–H groups in total. The molecule has 0 bridgehead atoms. The molecular weight excluding hydrogens is 516 g/mol. The summed E-state index contributed by atoms with van der Waals surface area (Å²) in [5.41, 5.74) is 0.696. The van der Waals surface area contributed by atoms with Gasteiger partial charge in [-0.2, -0.15) is 4.31 Å². The SMILES string of the molecule is COC(=O)C(Cc1cccnc1)NC(=O)C1CN(S(=O)(=O)c2ccccc2)CCN1C(=O)c1cccs1. The van der Waals surface area contributed by atoms with Gasteiger partial charge in [0, 0.05) is 38.4 Å². The van der Waals surface area contributed by atoms with Gasteiger partial charge in [-0.3, -0.25) is 14.6 Å². The Morgan fingerprint density at radius 3 is 2.54 bits per heavy atom. The molecule has 2 unspecified atom stereocenters. The molecule has 2 amide bonds. The lowest BCUT2D eigenvalue weighted by Crippen LogP contribution is -2.62. The summed E-state index contributed by atoms with van der Waals surface area (Å²) in [6, 6.07) is 12.5. The third-order valence-electron chi connectivity index (χ3n) is 5.98. The maximum Gasteiger partial charge on any atom is 0.328 e. The largest absolute Gasteiger partial charge is 0.467 e. The number of amides is 2. The highest BCUT2D eigenvalue weighted by Gasteiger charge is 2.41. The Balaban J connectivity index is 1.61. The number of aromatic nitrogens is 1. The van der Waals surface area contributed by atoms with E-state index < -0.39 is 34.0 Å². The Morgan fingerprint density at radius 1 is 1.11 bits per heavy atom. The van der Waals surface area contributed by atoms with Gasteiger partial charge in [-0.05, 0) is 35.2 Å². The fourth-order valence-electron chi connectivity index (χ4n) is 4.09. The Bertz CT molecular complexity index is 1330. The highest BCUT2D eigenvalue weighted by Crippen LogP contribution is 2.23. The normalized spacial score (nSPS) is 17.1. The van der Waals surface area contributed by atoms with Crippen molar-refractivity contribution >= 4 is 39.1 Å². The minimum atomic E-state index is -3.91. The Hall–Kier alpha value is -3.61. The molecule has 1 fully saturated rings. The van der Waals surface area contributed by atoms with Gasteiger partial charge < -0.3 is 15.0 Å². The molecule has 0 saturated carbocycles. The van der Waals surface area contributed by atoms with E-state index in [1.54, 1.807) is 60.2 Å². The van der Waals surface area contributed by atoms with Crippen LogP contribution in [-0.4, -0.2) is 79.2 Å². The molecule has 194 valence electrons. The standard InChI is InChI=1S/C25H26N4O6S2/c1-35-25(32)20(15-18-7-5-11-26-16-18)27-23(30)21-17-28(37(33,34)19-8-3-2-4-9-19)12-13-29(21)24(31)22-10-6-14-36-22/h2-11,14,16,20-21H,12-13,15,17H2,1H3,(H,27,30). The number of esters is 1. The summed E-state index contributed by atoms with van der Waals surface area (Å²) in [5, 5.41) is 4.42. The number of nitrogens with zero attached hydrogens (tertiary/aromatic N) is 3. The maximum atomic E-state index is 13.6. The molecule has 0 spiro atoms. The topological polar surface area (TPSA) is 126 Å². The molecule has 2 aromatic heterocycles. The monoisotopic (exact) mass is 542 g/mol. The smallest absolute Gasteiger partial charge is 0.328 e. The van der Waals surface area contributed by atoms with E-state index in [1.807, 2.05) is 0 Å². The van der Waals surface area contributed by atoms with Gasteiger partial charge in [-0.1, -0.05) is 30.3 Å². The van der Waals surface area contributed by atoms with E-state index in [0.29, 0.717) is 10.4 Å². The first-order chi connectivity index (χ1) is 17.8. The van der Waals surface area contributed by atoms with Crippen LogP contribution in [0.5, 0.6) is 0 Å². The summed E-state index contributed by atoms with van der Waals surface area (Å²) in [6.45, 7) is -0.235. The van der Waals surface area contributed by atoms with Crippen LogP contribution < -0.4 is 5.32 Å². The van der Waals surface area contributed by atoms with E-state index in [0.717, 1.165) is 0 Å². The van der Waals surface area contributed by atoms with E-state index in [9.17, 15) is 22.8 Å². The van der Waals surface area contributed by atoms with E-state index in [-0.39, 0.29) is 36.9 Å². The van der Waals surface area contributed by atoms with Crippen molar-refractivity contribution in [3.05, 3.63) is 82.8 Å². The second-order valence-corrected chi connectivity index (χ2v) is 11.2. The third kappa shape index (κ3) is 6.04. The number of thiophene rings is 1. The van der Waals surface area contributed by atoms with Crippen molar-refractivity contribution in [2.75, 3.05) is 26.7 Å². The van der Waals surface area contributed by atoms with E-state index in [1.165, 1.54) is 39.8 Å².